The van der Waals surface area contributed by atoms with E-state index in [1.54, 1.807) is 18.0 Å². The summed E-state index contributed by atoms with van der Waals surface area (Å²) < 4.78 is 6.97. The number of nitrogens with zero attached hydrogens (tertiary/aromatic N) is 3. The molecule has 3 heterocycles. The van der Waals surface area contributed by atoms with E-state index >= 15 is 0 Å². The van der Waals surface area contributed by atoms with Crippen LogP contribution in [0.3, 0.4) is 0 Å². The Hall–Kier alpha value is -4.45. The van der Waals surface area contributed by atoms with Gasteiger partial charge >= 0.3 is 0 Å². The van der Waals surface area contributed by atoms with Gasteiger partial charge in [-0.25, -0.2) is 9.67 Å². The summed E-state index contributed by atoms with van der Waals surface area (Å²) in [6, 6.07) is 25.4. The van der Waals surface area contributed by atoms with Crippen LogP contribution in [0, 0.1) is 0 Å². The number of aromatic nitrogens is 4. The van der Waals surface area contributed by atoms with Gasteiger partial charge in [0.25, 0.3) is 5.56 Å². The fourth-order valence-corrected chi connectivity index (χ4v) is 4.26. The van der Waals surface area contributed by atoms with E-state index in [1.807, 2.05) is 78.9 Å². The Morgan fingerprint density at radius 2 is 1.62 bits per heavy atom. The molecule has 0 atom stereocenters. The lowest BCUT2D eigenvalue weighted by molar-refractivity contribution is 0.414. The molecule has 0 unspecified atom stereocenters. The van der Waals surface area contributed by atoms with Crippen LogP contribution in [0.15, 0.2) is 89.9 Å². The third-order valence-electron chi connectivity index (χ3n) is 5.76. The van der Waals surface area contributed by atoms with Gasteiger partial charge in [-0.15, -0.1) is 0 Å². The quantitative estimate of drug-likeness (QED) is 0.406. The summed E-state index contributed by atoms with van der Waals surface area (Å²) in [6.45, 7) is 0. The van der Waals surface area contributed by atoms with Crippen molar-refractivity contribution in [2.75, 3.05) is 7.11 Å². The molecule has 0 saturated heterocycles. The first-order valence-corrected chi connectivity index (χ1v) is 10.3. The van der Waals surface area contributed by atoms with Crippen LogP contribution in [0.1, 0.15) is 0 Å². The highest BCUT2D eigenvalue weighted by molar-refractivity contribution is 6.15. The smallest absolute Gasteiger partial charge is 0.259 e. The normalized spacial score (nSPS) is 11.4. The lowest BCUT2D eigenvalue weighted by atomic mass is 9.96. The number of hydrogen-bond acceptors (Lipinski definition) is 4. The number of methoxy groups -OCH3 is 1. The van der Waals surface area contributed by atoms with Gasteiger partial charge in [0.05, 0.1) is 40.8 Å². The van der Waals surface area contributed by atoms with Crippen LogP contribution in [0.25, 0.3) is 49.7 Å². The van der Waals surface area contributed by atoms with Crippen LogP contribution in [-0.4, -0.2) is 26.9 Å². The van der Waals surface area contributed by atoms with E-state index in [-0.39, 0.29) is 5.56 Å². The van der Waals surface area contributed by atoms with Crippen LogP contribution >= 0.6 is 0 Å². The number of H-pyrrole nitrogens is 1. The van der Waals surface area contributed by atoms with Gasteiger partial charge < -0.3 is 9.72 Å². The summed E-state index contributed by atoms with van der Waals surface area (Å²) in [6.07, 6.45) is 1.76. The number of nitrogens with one attached hydrogen (secondary N) is 1. The van der Waals surface area contributed by atoms with Crippen molar-refractivity contribution in [1.29, 1.82) is 0 Å². The van der Waals surface area contributed by atoms with E-state index in [0.717, 1.165) is 38.9 Å². The molecule has 32 heavy (non-hydrogen) atoms. The summed E-state index contributed by atoms with van der Waals surface area (Å²) in [5.41, 5.74) is 4.56. The Kier molecular flexibility index (Phi) is 4.04. The number of aromatic amines is 1. The zero-order chi connectivity index (χ0) is 21.7. The summed E-state index contributed by atoms with van der Waals surface area (Å²) in [5, 5.41) is 6.86. The van der Waals surface area contributed by atoms with Crippen LogP contribution in [0.2, 0.25) is 0 Å². The molecule has 1 N–H and O–H groups in total. The maximum absolute atomic E-state index is 13.5. The molecule has 0 bridgehead atoms. The first-order chi connectivity index (χ1) is 15.7. The Bertz CT molecular complexity index is 1670. The Morgan fingerprint density at radius 1 is 0.875 bits per heavy atom. The summed E-state index contributed by atoms with van der Waals surface area (Å²) >= 11 is 0. The first kappa shape index (κ1) is 18.3. The molecule has 0 spiro atoms. The Morgan fingerprint density at radius 3 is 2.41 bits per heavy atom. The molecule has 3 aromatic carbocycles. The highest BCUT2D eigenvalue weighted by atomic mass is 16.5. The zero-order valence-electron chi connectivity index (χ0n) is 17.2. The highest BCUT2D eigenvalue weighted by Gasteiger charge is 2.19. The van der Waals surface area contributed by atoms with Crippen molar-refractivity contribution in [3.8, 4) is 22.6 Å². The van der Waals surface area contributed by atoms with Crippen LogP contribution in [0.5, 0.6) is 5.75 Å². The van der Waals surface area contributed by atoms with Crippen molar-refractivity contribution in [3.63, 3.8) is 0 Å². The Labute approximate surface area is 182 Å². The SMILES string of the molecule is COc1ccc(-n2ncc3c4nc5ccccc5c(-c5ccccc5)c4c(=O)[nH]c32)cc1. The monoisotopic (exact) mass is 418 g/mol. The molecule has 6 rings (SSSR count). The van der Waals surface area contributed by atoms with Gasteiger partial charge in [-0.2, -0.15) is 5.10 Å². The maximum Gasteiger partial charge on any atom is 0.259 e. The van der Waals surface area contributed by atoms with E-state index in [9.17, 15) is 4.79 Å². The molecule has 0 aliphatic heterocycles. The molecule has 0 amide bonds. The minimum absolute atomic E-state index is 0.195. The molecule has 3 aromatic heterocycles. The van der Waals surface area contributed by atoms with Crippen molar-refractivity contribution >= 4 is 32.8 Å². The summed E-state index contributed by atoms with van der Waals surface area (Å²) in [7, 11) is 1.63. The predicted molar refractivity (Wildman–Crippen MR) is 126 cm³/mol. The molecule has 6 aromatic rings. The van der Waals surface area contributed by atoms with E-state index in [0.29, 0.717) is 16.6 Å². The largest absolute Gasteiger partial charge is 0.497 e. The standard InChI is InChI=1S/C26H18N4O2/c1-32-18-13-11-17(12-14-18)30-25-20(15-27-30)24-23(26(31)29-25)22(16-7-3-2-4-8-16)19-9-5-6-10-21(19)28-24/h2-15H,1H3,(H,29,31). The van der Waals surface area contributed by atoms with Gasteiger partial charge in [0.1, 0.15) is 11.4 Å². The van der Waals surface area contributed by atoms with E-state index in [2.05, 4.69) is 10.1 Å². The van der Waals surface area contributed by atoms with Crippen molar-refractivity contribution in [3.05, 3.63) is 95.4 Å². The molecule has 0 aliphatic rings. The van der Waals surface area contributed by atoms with Gasteiger partial charge in [-0.05, 0) is 35.9 Å². The molecule has 6 nitrogen and oxygen atoms in total. The number of benzene rings is 3. The lowest BCUT2D eigenvalue weighted by Crippen LogP contribution is -2.11. The van der Waals surface area contributed by atoms with E-state index in [1.165, 1.54) is 0 Å². The lowest BCUT2D eigenvalue weighted by Gasteiger charge is -2.12. The topological polar surface area (TPSA) is 72.8 Å². The second-order valence-electron chi connectivity index (χ2n) is 7.56. The molecule has 0 radical (unpaired) electrons. The predicted octanol–water partition coefficient (Wildman–Crippen LogP) is 5.09. The maximum atomic E-state index is 13.5. The van der Waals surface area contributed by atoms with Gasteiger partial charge in [0, 0.05) is 10.9 Å². The average Bonchev–Trinajstić information content (AvgIpc) is 3.27. The van der Waals surface area contributed by atoms with Gasteiger partial charge in [0.15, 0.2) is 0 Å². The molecular weight excluding hydrogens is 400 g/mol. The summed E-state index contributed by atoms with van der Waals surface area (Å²) in [4.78, 5) is 21.4. The minimum Gasteiger partial charge on any atom is -0.497 e. The van der Waals surface area contributed by atoms with Crippen molar-refractivity contribution in [2.24, 2.45) is 0 Å². The van der Waals surface area contributed by atoms with E-state index in [4.69, 9.17) is 9.72 Å². The van der Waals surface area contributed by atoms with Crippen LogP contribution < -0.4 is 10.3 Å². The summed E-state index contributed by atoms with van der Waals surface area (Å²) in [5.74, 6) is 0.754. The molecule has 154 valence electrons. The molecular formula is C26H18N4O2. The number of pyridine rings is 2. The number of rotatable bonds is 3. The van der Waals surface area contributed by atoms with Crippen LogP contribution in [-0.2, 0) is 0 Å². The fraction of sp³-hybridized carbons (Fsp3) is 0.0385. The van der Waals surface area contributed by atoms with E-state index < -0.39 is 0 Å². The zero-order valence-corrected chi connectivity index (χ0v) is 17.2. The van der Waals surface area contributed by atoms with Crippen molar-refractivity contribution in [2.45, 2.75) is 0 Å². The van der Waals surface area contributed by atoms with Crippen molar-refractivity contribution in [1.82, 2.24) is 19.7 Å². The fourth-order valence-electron chi connectivity index (χ4n) is 4.26. The highest BCUT2D eigenvalue weighted by Crippen LogP contribution is 2.35. The molecule has 0 fully saturated rings. The second-order valence-corrected chi connectivity index (χ2v) is 7.56. The van der Waals surface area contributed by atoms with Crippen LogP contribution in [0.4, 0.5) is 0 Å². The first-order valence-electron chi connectivity index (χ1n) is 10.3. The van der Waals surface area contributed by atoms with Gasteiger partial charge in [-0.3, -0.25) is 4.79 Å². The molecule has 0 saturated carbocycles. The van der Waals surface area contributed by atoms with Gasteiger partial charge in [-0.1, -0.05) is 48.5 Å². The molecule has 6 heteroatoms. The van der Waals surface area contributed by atoms with Gasteiger partial charge in [0.2, 0.25) is 0 Å². The number of ether oxygens (including phenoxy) is 1. The van der Waals surface area contributed by atoms with Crippen molar-refractivity contribution < 1.29 is 4.74 Å². The number of fused-ring (bicyclic) bond motifs is 4. The third-order valence-corrected chi connectivity index (χ3v) is 5.76. The minimum atomic E-state index is -0.195. The number of hydrogen-bond donors (Lipinski definition) is 1. The second kappa shape index (κ2) is 7.06. The number of para-hydroxylation sites is 1. The Balaban J connectivity index is 1.73. The third kappa shape index (κ3) is 2.70. The average molecular weight is 418 g/mol. The molecule has 0 aliphatic carbocycles.